The van der Waals surface area contributed by atoms with Gasteiger partial charge in [-0.15, -0.1) is 0 Å². The number of anilines is 1. The molecular formula is C20H20N2O6. The summed E-state index contributed by atoms with van der Waals surface area (Å²) in [6.07, 6.45) is 0. The molecule has 2 aromatic rings. The van der Waals surface area contributed by atoms with Crippen LogP contribution in [-0.2, 0) is 14.3 Å². The van der Waals surface area contributed by atoms with Crippen molar-refractivity contribution < 1.29 is 28.6 Å². The molecule has 146 valence electrons. The van der Waals surface area contributed by atoms with E-state index in [2.05, 4.69) is 10.6 Å². The SMILES string of the molecule is C[C@H](NC(=O)c1ccccc1)C(=O)OCC(=O)Nc1ccc2c(c1)OCCO2. The third-order valence-corrected chi connectivity index (χ3v) is 3.91. The van der Waals surface area contributed by atoms with E-state index < -0.39 is 30.4 Å². The van der Waals surface area contributed by atoms with Crippen molar-refractivity contribution in [3.05, 3.63) is 54.1 Å². The van der Waals surface area contributed by atoms with Crippen LogP contribution in [0.4, 0.5) is 5.69 Å². The summed E-state index contributed by atoms with van der Waals surface area (Å²) in [5, 5.41) is 5.14. The minimum Gasteiger partial charge on any atom is -0.486 e. The highest BCUT2D eigenvalue weighted by Crippen LogP contribution is 2.32. The molecule has 0 saturated carbocycles. The zero-order chi connectivity index (χ0) is 19.9. The predicted octanol–water partition coefficient (Wildman–Crippen LogP) is 1.76. The zero-order valence-corrected chi connectivity index (χ0v) is 15.3. The van der Waals surface area contributed by atoms with Crippen LogP contribution < -0.4 is 20.1 Å². The number of rotatable bonds is 6. The van der Waals surface area contributed by atoms with E-state index in [-0.39, 0.29) is 0 Å². The third-order valence-electron chi connectivity index (χ3n) is 3.91. The molecule has 2 amide bonds. The van der Waals surface area contributed by atoms with Gasteiger partial charge in [-0.1, -0.05) is 18.2 Å². The van der Waals surface area contributed by atoms with E-state index in [1.807, 2.05) is 0 Å². The van der Waals surface area contributed by atoms with Crippen LogP contribution in [0.1, 0.15) is 17.3 Å². The molecule has 2 aromatic carbocycles. The summed E-state index contributed by atoms with van der Waals surface area (Å²) in [5.74, 6) is -0.462. The van der Waals surface area contributed by atoms with Crippen LogP contribution in [0, 0.1) is 0 Å². The number of esters is 1. The highest BCUT2D eigenvalue weighted by molar-refractivity contribution is 5.97. The van der Waals surface area contributed by atoms with Crippen LogP contribution in [0.3, 0.4) is 0 Å². The number of hydrogen-bond acceptors (Lipinski definition) is 6. The molecule has 0 bridgehead atoms. The molecular weight excluding hydrogens is 364 g/mol. The van der Waals surface area contributed by atoms with Crippen LogP contribution in [0.15, 0.2) is 48.5 Å². The van der Waals surface area contributed by atoms with Crippen molar-refractivity contribution in [1.82, 2.24) is 5.32 Å². The Labute approximate surface area is 161 Å². The second kappa shape index (κ2) is 8.90. The smallest absolute Gasteiger partial charge is 0.328 e. The molecule has 1 aliphatic rings. The molecule has 1 atom stereocenters. The van der Waals surface area contributed by atoms with Crippen molar-refractivity contribution in [3.8, 4) is 11.5 Å². The average Bonchev–Trinajstić information content (AvgIpc) is 2.72. The lowest BCUT2D eigenvalue weighted by Crippen LogP contribution is -2.40. The van der Waals surface area contributed by atoms with E-state index in [0.717, 1.165) is 0 Å². The van der Waals surface area contributed by atoms with E-state index in [9.17, 15) is 14.4 Å². The summed E-state index contributed by atoms with van der Waals surface area (Å²) in [4.78, 5) is 36.0. The summed E-state index contributed by atoms with van der Waals surface area (Å²) in [6.45, 7) is 1.93. The maximum atomic E-state index is 12.0. The fraction of sp³-hybridized carbons (Fsp3) is 0.250. The van der Waals surface area contributed by atoms with E-state index in [1.54, 1.807) is 48.5 Å². The van der Waals surface area contributed by atoms with E-state index in [4.69, 9.17) is 14.2 Å². The molecule has 0 spiro atoms. The maximum Gasteiger partial charge on any atom is 0.328 e. The first kappa shape index (κ1) is 19.2. The summed E-state index contributed by atoms with van der Waals surface area (Å²) in [6, 6.07) is 12.6. The Hall–Kier alpha value is -3.55. The quantitative estimate of drug-likeness (QED) is 0.736. The zero-order valence-electron chi connectivity index (χ0n) is 15.3. The van der Waals surface area contributed by atoms with Gasteiger partial charge >= 0.3 is 5.97 Å². The molecule has 0 aliphatic carbocycles. The monoisotopic (exact) mass is 384 g/mol. The number of nitrogens with one attached hydrogen (secondary N) is 2. The molecule has 2 N–H and O–H groups in total. The van der Waals surface area contributed by atoms with Gasteiger partial charge in [0.05, 0.1) is 0 Å². The Balaban J connectivity index is 1.46. The Morgan fingerprint density at radius 2 is 1.75 bits per heavy atom. The first-order valence-electron chi connectivity index (χ1n) is 8.75. The summed E-state index contributed by atoms with van der Waals surface area (Å²) in [7, 11) is 0. The fourth-order valence-corrected chi connectivity index (χ4v) is 2.51. The van der Waals surface area contributed by atoms with Crippen LogP contribution in [0.25, 0.3) is 0 Å². The molecule has 8 nitrogen and oxygen atoms in total. The second-order valence-electron chi connectivity index (χ2n) is 6.08. The second-order valence-corrected chi connectivity index (χ2v) is 6.08. The molecule has 28 heavy (non-hydrogen) atoms. The van der Waals surface area contributed by atoms with Crippen LogP contribution in [0.2, 0.25) is 0 Å². The molecule has 0 fully saturated rings. The Bertz CT molecular complexity index is 868. The first-order valence-corrected chi connectivity index (χ1v) is 8.75. The molecule has 3 rings (SSSR count). The lowest BCUT2D eigenvalue weighted by Gasteiger charge is -2.19. The van der Waals surface area contributed by atoms with Gasteiger partial charge in [0.1, 0.15) is 19.3 Å². The number of benzene rings is 2. The fourth-order valence-electron chi connectivity index (χ4n) is 2.51. The number of fused-ring (bicyclic) bond motifs is 1. The average molecular weight is 384 g/mol. The number of carbonyl (C=O) groups is 3. The molecule has 1 heterocycles. The molecule has 0 unspecified atom stereocenters. The van der Waals surface area contributed by atoms with Gasteiger partial charge in [-0.2, -0.15) is 0 Å². The lowest BCUT2D eigenvalue weighted by atomic mass is 10.2. The highest BCUT2D eigenvalue weighted by Gasteiger charge is 2.19. The minimum absolute atomic E-state index is 0.397. The predicted molar refractivity (Wildman–Crippen MR) is 100 cm³/mol. The third kappa shape index (κ3) is 5.00. The van der Waals surface area contributed by atoms with Gasteiger partial charge in [-0.05, 0) is 31.2 Å². The standard InChI is InChI=1S/C20H20N2O6/c1-13(21-19(24)14-5-3-2-4-6-14)20(25)28-12-18(23)22-15-7-8-16-17(11-15)27-10-9-26-16/h2-8,11,13H,9-10,12H2,1H3,(H,21,24)(H,22,23)/t13-/m0/s1. The van der Waals surface area contributed by atoms with Crippen molar-refractivity contribution in [2.45, 2.75) is 13.0 Å². The summed E-state index contributed by atoms with van der Waals surface area (Å²) < 4.78 is 15.8. The van der Waals surface area contributed by atoms with E-state index in [1.165, 1.54) is 6.92 Å². The normalized spacial score (nSPS) is 13.2. The maximum absolute atomic E-state index is 12.0. The number of amides is 2. The lowest BCUT2D eigenvalue weighted by molar-refractivity contribution is -0.148. The molecule has 0 aromatic heterocycles. The van der Waals surface area contributed by atoms with Gasteiger partial charge in [-0.3, -0.25) is 9.59 Å². The molecule has 8 heteroatoms. The van der Waals surface area contributed by atoms with Crippen molar-refractivity contribution in [2.75, 3.05) is 25.1 Å². The van der Waals surface area contributed by atoms with E-state index in [0.29, 0.717) is 36.0 Å². The van der Waals surface area contributed by atoms with Gasteiger partial charge in [-0.25, -0.2) is 4.79 Å². The Kier molecular flexibility index (Phi) is 6.11. The topological polar surface area (TPSA) is 103 Å². The van der Waals surface area contributed by atoms with Gasteiger partial charge in [0.25, 0.3) is 11.8 Å². The largest absolute Gasteiger partial charge is 0.486 e. The van der Waals surface area contributed by atoms with Gasteiger partial charge in [0.2, 0.25) is 0 Å². The number of carbonyl (C=O) groups excluding carboxylic acids is 3. The molecule has 0 saturated heterocycles. The summed E-state index contributed by atoms with van der Waals surface area (Å²) in [5.41, 5.74) is 0.925. The van der Waals surface area contributed by atoms with Gasteiger partial charge < -0.3 is 24.8 Å². The minimum atomic E-state index is -0.894. The molecule has 0 radical (unpaired) electrons. The summed E-state index contributed by atoms with van der Waals surface area (Å²) >= 11 is 0. The van der Waals surface area contributed by atoms with Gasteiger partial charge in [0, 0.05) is 17.3 Å². The number of hydrogen-bond donors (Lipinski definition) is 2. The van der Waals surface area contributed by atoms with Crippen molar-refractivity contribution >= 4 is 23.5 Å². The van der Waals surface area contributed by atoms with Crippen molar-refractivity contribution in [2.24, 2.45) is 0 Å². The molecule has 1 aliphatic heterocycles. The highest BCUT2D eigenvalue weighted by atomic mass is 16.6. The number of ether oxygens (including phenoxy) is 3. The van der Waals surface area contributed by atoms with Crippen LogP contribution in [0.5, 0.6) is 11.5 Å². The van der Waals surface area contributed by atoms with Crippen molar-refractivity contribution in [1.29, 1.82) is 0 Å². The first-order chi connectivity index (χ1) is 13.5. The van der Waals surface area contributed by atoms with Crippen LogP contribution in [-0.4, -0.2) is 43.6 Å². The van der Waals surface area contributed by atoms with E-state index >= 15 is 0 Å². The van der Waals surface area contributed by atoms with Crippen LogP contribution >= 0.6 is 0 Å². The Morgan fingerprint density at radius 1 is 1.04 bits per heavy atom. The van der Waals surface area contributed by atoms with Gasteiger partial charge in [0.15, 0.2) is 18.1 Å². The Morgan fingerprint density at radius 3 is 2.50 bits per heavy atom. The van der Waals surface area contributed by atoms with Crippen molar-refractivity contribution in [3.63, 3.8) is 0 Å².